The van der Waals surface area contributed by atoms with Crippen molar-refractivity contribution in [3.05, 3.63) is 18.5 Å². The average Bonchev–Trinajstić information content (AvgIpc) is 2.65. The number of aromatic nitrogens is 1. The SMILES string of the molecule is CC.NS(=O)(=O)c1ccn(CCCBr)c1. The summed E-state index contributed by atoms with van der Waals surface area (Å²) >= 11 is 3.30. The summed E-state index contributed by atoms with van der Waals surface area (Å²) in [5.74, 6) is 0. The number of rotatable bonds is 4. The van der Waals surface area contributed by atoms with Gasteiger partial charge in [0.1, 0.15) is 0 Å². The summed E-state index contributed by atoms with van der Waals surface area (Å²) in [6.07, 6.45) is 4.21. The minimum atomic E-state index is -3.54. The van der Waals surface area contributed by atoms with E-state index in [1.54, 1.807) is 10.8 Å². The summed E-state index contributed by atoms with van der Waals surface area (Å²) in [5, 5.41) is 5.85. The highest BCUT2D eigenvalue weighted by Crippen LogP contribution is 2.07. The first-order chi connectivity index (χ1) is 7.04. The third-order valence-corrected chi connectivity index (χ3v) is 3.06. The van der Waals surface area contributed by atoms with Gasteiger partial charge in [0, 0.05) is 24.3 Å². The minimum absolute atomic E-state index is 0.169. The lowest BCUT2D eigenvalue weighted by atomic mass is 10.5. The van der Waals surface area contributed by atoms with Crippen LogP contribution in [0.25, 0.3) is 0 Å². The van der Waals surface area contributed by atoms with Crippen molar-refractivity contribution in [2.75, 3.05) is 5.33 Å². The van der Waals surface area contributed by atoms with E-state index in [4.69, 9.17) is 5.14 Å². The Labute approximate surface area is 99.6 Å². The first-order valence-corrected chi connectivity index (χ1v) is 7.45. The Hall–Kier alpha value is -0.330. The van der Waals surface area contributed by atoms with Crippen LogP contribution in [0.2, 0.25) is 0 Å². The Morgan fingerprint density at radius 2 is 2.07 bits per heavy atom. The van der Waals surface area contributed by atoms with Crippen molar-refractivity contribution in [3.8, 4) is 0 Å². The molecule has 0 atom stereocenters. The number of alkyl halides is 1. The normalized spacial score (nSPS) is 10.7. The van der Waals surface area contributed by atoms with Crippen molar-refractivity contribution in [3.63, 3.8) is 0 Å². The average molecular weight is 297 g/mol. The highest BCUT2D eigenvalue weighted by Gasteiger charge is 2.08. The van der Waals surface area contributed by atoms with E-state index in [-0.39, 0.29) is 4.90 Å². The highest BCUT2D eigenvalue weighted by molar-refractivity contribution is 9.09. The molecule has 4 nitrogen and oxygen atoms in total. The van der Waals surface area contributed by atoms with E-state index in [1.807, 2.05) is 13.8 Å². The van der Waals surface area contributed by atoms with Crippen LogP contribution in [0.4, 0.5) is 0 Å². The van der Waals surface area contributed by atoms with Crippen LogP contribution in [0, 0.1) is 0 Å². The Morgan fingerprint density at radius 1 is 1.47 bits per heavy atom. The van der Waals surface area contributed by atoms with Gasteiger partial charge in [0.25, 0.3) is 0 Å². The molecule has 0 saturated heterocycles. The monoisotopic (exact) mass is 296 g/mol. The zero-order chi connectivity index (χ0) is 11.9. The second kappa shape index (κ2) is 7.03. The van der Waals surface area contributed by atoms with Gasteiger partial charge in [-0.15, -0.1) is 0 Å². The Morgan fingerprint density at radius 3 is 2.47 bits per heavy atom. The molecule has 0 amide bonds. The van der Waals surface area contributed by atoms with Gasteiger partial charge in [-0.2, -0.15) is 0 Å². The Kier molecular flexibility index (Phi) is 6.87. The molecule has 0 aromatic carbocycles. The standard InChI is InChI=1S/C7H11BrN2O2S.C2H6/c8-3-1-4-10-5-2-7(6-10)13(9,11)12;1-2/h2,5-6H,1,3-4H2,(H2,9,11,12);1-2H3. The second-order valence-corrected chi connectivity index (χ2v) is 5.03. The van der Waals surface area contributed by atoms with Crippen LogP contribution < -0.4 is 5.14 Å². The molecule has 1 heterocycles. The van der Waals surface area contributed by atoms with E-state index in [9.17, 15) is 8.42 Å². The molecule has 2 N–H and O–H groups in total. The summed E-state index contributed by atoms with van der Waals surface area (Å²) in [7, 11) is -3.54. The fraction of sp³-hybridized carbons (Fsp3) is 0.556. The Balaban J connectivity index is 0.000000921. The number of hydrogen-bond donors (Lipinski definition) is 1. The lowest BCUT2D eigenvalue weighted by Gasteiger charge is -1.98. The minimum Gasteiger partial charge on any atom is -0.353 e. The number of aryl methyl sites for hydroxylation is 1. The van der Waals surface area contributed by atoms with Crippen LogP contribution in [-0.4, -0.2) is 18.3 Å². The fourth-order valence-electron chi connectivity index (χ4n) is 0.968. The van der Waals surface area contributed by atoms with Crippen molar-refractivity contribution in [2.45, 2.75) is 31.7 Å². The molecule has 1 aromatic heterocycles. The van der Waals surface area contributed by atoms with Crippen LogP contribution in [0.1, 0.15) is 20.3 Å². The molecular weight excluding hydrogens is 280 g/mol. The maximum Gasteiger partial charge on any atom is 0.239 e. The number of primary sulfonamides is 1. The van der Waals surface area contributed by atoms with Gasteiger partial charge in [0.05, 0.1) is 4.90 Å². The first kappa shape index (κ1) is 14.7. The molecule has 0 radical (unpaired) electrons. The van der Waals surface area contributed by atoms with E-state index in [2.05, 4.69) is 15.9 Å². The maximum absolute atomic E-state index is 10.9. The molecule has 0 aliphatic carbocycles. The Bertz CT molecular complexity index is 373. The van der Waals surface area contributed by atoms with Crippen molar-refractivity contribution in [1.82, 2.24) is 4.57 Å². The quantitative estimate of drug-likeness (QED) is 0.863. The summed E-state index contributed by atoms with van der Waals surface area (Å²) in [4.78, 5) is 0.169. The van der Waals surface area contributed by atoms with Gasteiger partial charge >= 0.3 is 0 Å². The van der Waals surface area contributed by atoms with Gasteiger partial charge in [0.15, 0.2) is 0 Å². The van der Waals surface area contributed by atoms with E-state index in [0.29, 0.717) is 0 Å². The van der Waals surface area contributed by atoms with E-state index < -0.39 is 10.0 Å². The molecule has 0 unspecified atom stereocenters. The summed E-state index contributed by atoms with van der Waals surface area (Å²) < 4.78 is 23.6. The predicted molar refractivity (Wildman–Crippen MR) is 65.6 cm³/mol. The maximum atomic E-state index is 10.9. The summed E-state index contributed by atoms with van der Waals surface area (Å²) in [6.45, 7) is 4.79. The molecule has 6 heteroatoms. The van der Waals surface area contributed by atoms with Gasteiger partial charge in [-0.1, -0.05) is 29.8 Å². The largest absolute Gasteiger partial charge is 0.353 e. The van der Waals surface area contributed by atoms with Crippen molar-refractivity contribution in [1.29, 1.82) is 0 Å². The topological polar surface area (TPSA) is 65.1 Å². The highest BCUT2D eigenvalue weighted by atomic mass is 79.9. The molecule has 0 bridgehead atoms. The van der Waals surface area contributed by atoms with Crippen molar-refractivity contribution < 1.29 is 8.42 Å². The second-order valence-electron chi connectivity index (χ2n) is 2.67. The summed E-state index contributed by atoms with van der Waals surface area (Å²) in [5.41, 5.74) is 0. The van der Waals surface area contributed by atoms with Gasteiger partial charge in [-0.05, 0) is 12.5 Å². The van der Waals surface area contributed by atoms with E-state index >= 15 is 0 Å². The van der Waals surface area contributed by atoms with Crippen molar-refractivity contribution in [2.24, 2.45) is 5.14 Å². The molecule has 0 spiro atoms. The number of halogens is 1. The third kappa shape index (κ3) is 5.34. The number of sulfonamides is 1. The number of nitrogens with zero attached hydrogens (tertiary/aromatic N) is 1. The van der Waals surface area contributed by atoms with Crippen LogP contribution in [0.15, 0.2) is 23.4 Å². The number of hydrogen-bond acceptors (Lipinski definition) is 2. The lowest BCUT2D eigenvalue weighted by molar-refractivity contribution is 0.597. The number of nitrogens with two attached hydrogens (primary N) is 1. The molecule has 15 heavy (non-hydrogen) atoms. The lowest BCUT2D eigenvalue weighted by Crippen LogP contribution is -2.11. The van der Waals surface area contributed by atoms with E-state index in [1.165, 1.54) is 12.3 Å². The molecule has 88 valence electrons. The molecule has 1 aromatic rings. The van der Waals surface area contributed by atoms with Crippen LogP contribution in [-0.2, 0) is 16.6 Å². The molecular formula is C9H17BrN2O2S. The molecule has 1 rings (SSSR count). The first-order valence-electron chi connectivity index (χ1n) is 4.78. The van der Waals surface area contributed by atoms with Gasteiger partial charge in [-0.25, -0.2) is 13.6 Å². The van der Waals surface area contributed by atoms with Gasteiger partial charge < -0.3 is 4.57 Å². The zero-order valence-corrected chi connectivity index (χ0v) is 11.4. The van der Waals surface area contributed by atoms with Crippen LogP contribution in [0.5, 0.6) is 0 Å². The smallest absolute Gasteiger partial charge is 0.239 e. The van der Waals surface area contributed by atoms with Crippen LogP contribution in [0.3, 0.4) is 0 Å². The zero-order valence-electron chi connectivity index (χ0n) is 8.98. The van der Waals surface area contributed by atoms with Gasteiger partial charge in [0.2, 0.25) is 10.0 Å². The molecule has 0 aliphatic rings. The third-order valence-electron chi connectivity index (χ3n) is 1.60. The molecule has 0 saturated carbocycles. The van der Waals surface area contributed by atoms with Crippen molar-refractivity contribution >= 4 is 26.0 Å². The van der Waals surface area contributed by atoms with Crippen LogP contribution >= 0.6 is 15.9 Å². The molecule has 0 aliphatic heterocycles. The molecule has 0 fully saturated rings. The van der Waals surface area contributed by atoms with E-state index in [0.717, 1.165) is 18.3 Å². The fourth-order valence-corrected chi connectivity index (χ4v) is 1.75. The van der Waals surface area contributed by atoms with Gasteiger partial charge in [-0.3, -0.25) is 0 Å². The predicted octanol–water partition coefficient (Wildman–Crippen LogP) is 1.95. The summed E-state index contributed by atoms with van der Waals surface area (Å²) in [6, 6.07) is 1.50.